The Bertz CT molecular complexity index is 593. The minimum Gasteiger partial charge on any atom is -0.453 e. The van der Waals surface area contributed by atoms with Crippen molar-refractivity contribution < 1.29 is 9.13 Å². The molecule has 0 fully saturated rings. The van der Waals surface area contributed by atoms with Crippen molar-refractivity contribution >= 4 is 22.0 Å². The van der Waals surface area contributed by atoms with E-state index in [1.54, 1.807) is 18.2 Å². The Morgan fingerprint density at radius 1 is 1.17 bits per heavy atom. The number of aryl methyl sites for hydroxylation is 1. The molecule has 0 aromatic heterocycles. The van der Waals surface area contributed by atoms with Gasteiger partial charge in [-0.25, -0.2) is 4.39 Å². The molecule has 1 nitrogen and oxygen atoms in total. The van der Waals surface area contributed by atoms with Gasteiger partial charge in [0.25, 0.3) is 0 Å². The van der Waals surface area contributed by atoms with Crippen LogP contribution in [0, 0.1) is 12.7 Å². The second-order valence-electron chi connectivity index (χ2n) is 3.93. The predicted molar refractivity (Wildman–Crippen MR) is 75.4 cm³/mol. The summed E-state index contributed by atoms with van der Waals surface area (Å²) in [5.41, 5.74) is 1.83. The maximum Gasteiger partial charge on any atom is 0.165 e. The van der Waals surface area contributed by atoms with E-state index >= 15 is 0 Å². The molecule has 0 atom stereocenters. The van der Waals surface area contributed by atoms with Gasteiger partial charge in [-0.3, -0.25) is 0 Å². The lowest BCUT2D eigenvalue weighted by atomic mass is 10.2. The van der Waals surface area contributed by atoms with Crippen molar-refractivity contribution in [3.05, 3.63) is 64.4 Å². The minimum atomic E-state index is -0.366. The lowest BCUT2D eigenvalue weighted by Crippen LogP contribution is -1.90. The van der Waals surface area contributed by atoms with Crippen LogP contribution in [0.5, 0.6) is 11.5 Å². The largest absolute Gasteiger partial charge is 0.453 e. The van der Waals surface area contributed by atoms with Crippen molar-refractivity contribution in [2.45, 2.75) is 6.92 Å². The van der Waals surface area contributed by atoms with Crippen molar-refractivity contribution in [3.63, 3.8) is 0 Å². The molecular weight excluding hydrogens is 295 g/mol. The third-order valence-electron chi connectivity index (χ3n) is 2.50. The Balaban J connectivity index is 2.31. The molecule has 0 saturated carbocycles. The van der Waals surface area contributed by atoms with Gasteiger partial charge in [-0.2, -0.15) is 0 Å². The van der Waals surface area contributed by atoms with Gasteiger partial charge in [0.05, 0.1) is 4.47 Å². The van der Waals surface area contributed by atoms with Crippen molar-refractivity contribution in [2.24, 2.45) is 0 Å². The van der Waals surface area contributed by atoms with Crippen LogP contribution in [0.4, 0.5) is 4.39 Å². The SMILES string of the molecule is C=Cc1ccc(Oc2ccc(C)cc2F)c(Br)c1. The second-order valence-corrected chi connectivity index (χ2v) is 4.78. The summed E-state index contributed by atoms with van der Waals surface area (Å²) in [7, 11) is 0. The third kappa shape index (κ3) is 2.79. The van der Waals surface area contributed by atoms with Crippen LogP contribution >= 0.6 is 15.9 Å². The first kappa shape index (κ1) is 12.8. The van der Waals surface area contributed by atoms with Crippen LogP contribution in [0.1, 0.15) is 11.1 Å². The van der Waals surface area contributed by atoms with E-state index in [2.05, 4.69) is 22.5 Å². The summed E-state index contributed by atoms with van der Waals surface area (Å²) in [6.07, 6.45) is 1.74. The lowest BCUT2D eigenvalue weighted by molar-refractivity contribution is 0.439. The molecule has 2 rings (SSSR count). The molecule has 0 unspecified atom stereocenters. The third-order valence-corrected chi connectivity index (χ3v) is 3.12. The quantitative estimate of drug-likeness (QED) is 0.744. The first-order chi connectivity index (χ1) is 8.60. The number of hydrogen-bond donors (Lipinski definition) is 0. The van der Waals surface area contributed by atoms with E-state index in [4.69, 9.17) is 4.74 Å². The maximum atomic E-state index is 13.7. The van der Waals surface area contributed by atoms with Crippen LogP contribution in [0.2, 0.25) is 0 Å². The van der Waals surface area contributed by atoms with Crippen molar-refractivity contribution in [3.8, 4) is 11.5 Å². The lowest BCUT2D eigenvalue weighted by Gasteiger charge is -2.09. The average molecular weight is 307 g/mol. The minimum absolute atomic E-state index is 0.215. The van der Waals surface area contributed by atoms with E-state index in [0.717, 1.165) is 15.6 Å². The first-order valence-electron chi connectivity index (χ1n) is 5.46. The number of rotatable bonds is 3. The Morgan fingerprint density at radius 3 is 2.50 bits per heavy atom. The number of halogens is 2. The zero-order chi connectivity index (χ0) is 13.1. The highest BCUT2D eigenvalue weighted by molar-refractivity contribution is 9.10. The monoisotopic (exact) mass is 306 g/mol. The Hall–Kier alpha value is -1.61. The van der Waals surface area contributed by atoms with Gasteiger partial charge in [0.15, 0.2) is 11.6 Å². The molecule has 0 amide bonds. The Kier molecular flexibility index (Phi) is 3.82. The van der Waals surface area contributed by atoms with Gasteiger partial charge in [0.2, 0.25) is 0 Å². The van der Waals surface area contributed by atoms with E-state index < -0.39 is 0 Å². The van der Waals surface area contributed by atoms with Crippen molar-refractivity contribution in [2.75, 3.05) is 0 Å². The topological polar surface area (TPSA) is 9.23 Å². The first-order valence-corrected chi connectivity index (χ1v) is 6.25. The van der Waals surface area contributed by atoms with E-state index in [1.165, 1.54) is 6.07 Å². The smallest absolute Gasteiger partial charge is 0.165 e. The molecule has 0 bridgehead atoms. The van der Waals surface area contributed by atoms with E-state index in [-0.39, 0.29) is 11.6 Å². The number of benzene rings is 2. The van der Waals surface area contributed by atoms with Gasteiger partial charge in [-0.05, 0) is 58.2 Å². The summed E-state index contributed by atoms with van der Waals surface area (Å²) in [6, 6.07) is 10.4. The van der Waals surface area contributed by atoms with E-state index in [1.807, 2.05) is 25.1 Å². The molecule has 0 aliphatic rings. The predicted octanol–water partition coefficient (Wildman–Crippen LogP) is 5.33. The van der Waals surface area contributed by atoms with Gasteiger partial charge in [0.1, 0.15) is 5.75 Å². The molecule has 2 aromatic carbocycles. The molecule has 0 radical (unpaired) electrons. The molecular formula is C15H12BrFO. The van der Waals surface area contributed by atoms with Gasteiger partial charge in [-0.1, -0.05) is 24.8 Å². The zero-order valence-corrected chi connectivity index (χ0v) is 11.5. The molecule has 3 heteroatoms. The summed E-state index contributed by atoms with van der Waals surface area (Å²) in [5.74, 6) is 0.422. The molecule has 92 valence electrons. The molecule has 18 heavy (non-hydrogen) atoms. The fourth-order valence-corrected chi connectivity index (χ4v) is 2.01. The van der Waals surface area contributed by atoms with Gasteiger partial charge in [-0.15, -0.1) is 0 Å². The average Bonchev–Trinajstić information content (AvgIpc) is 2.34. The molecule has 0 aliphatic carbocycles. The molecule has 0 saturated heterocycles. The molecule has 0 aliphatic heterocycles. The zero-order valence-electron chi connectivity index (χ0n) is 9.91. The number of ether oxygens (including phenoxy) is 1. The summed E-state index contributed by atoms with van der Waals surface area (Å²) in [6.45, 7) is 5.52. The summed E-state index contributed by atoms with van der Waals surface area (Å²) < 4.78 is 20.0. The van der Waals surface area contributed by atoms with Crippen LogP contribution < -0.4 is 4.74 Å². The second kappa shape index (κ2) is 5.36. The standard InChI is InChI=1S/C15H12BrFO/c1-3-11-5-7-14(12(16)9-11)18-15-6-4-10(2)8-13(15)17/h3-9H,1H2,2H3. The van der Waals surface area contributed by atoms with Crippen LogP contribution in [-0.4, -0.2) is 0 Å². The van der Waals surface area contributed by atoms with E-state index in [9.17, 15) is 4.39 Å². The van der Waals surface area contributed by atoms with Crippen LogP contribution in [0.25, 0.3) is 6.08 Å². The highest BCUT2D eigenvalue weighted by Gasteiger charge is 2.07. The molecule has 2 aromatic rings. The fourth-order valence-electron chi connectivity index (χ4n) is 1.53. The Morgan fingerprint density at radius 2 is 1.89 bits per heavy atom. The van der Waals surface area contributed by atoms with Crippen molar-refractivity contribution in [1.82, 2.24) is 0 Å². The maximum absolute atomic E-state index is 13.7. The highest BCUT2D eigenvalue weighted by Crippen LogP contribution is 2.32. The molecule has 0 N–H and O–H groups in total. The van der Waals surface area contributed by atoms with Crippen LogP contribution in [0.15, 0.2) is 47.4 Å². The molecule has 0 spiro atoms. The van der Waals surface area contributed by atoms with E-state index in [0.29, 0.717) is 5.75 Å². The van der Waals surface area contributed by atoms with Crippen LogP contribution in [-0.2, 0) is 0 Å². The Labute approximate surface area is 114 Å². The summed E-state index contributed by atoms with van der Waals surface area (Å²) in [4.78, 5) is 0. The van der Waals surface area contributed by atoms with Gasteiger partial charge >= 0.3 is 0 Å². The van der Waals surface area contributed by atoms with Gasteiger partial charge < -0.3 is 4.74 Å². The fraction of sp³-hybridized carbons (Fsp3) is 0.0667. The van der Waals surface area contributed by atoms with Gasteiger partial charge in [0, 0.05) is 0 Å². The van der Waals surface area contributed by atoms with Crippen molar-refractivity contribution in [1.29, 1.82) is 0 Å². The molecule has 0 heterocycles. The normalized spacial score (nSPS) is 10.2. The number of hydrogen-bond acceptors (Lipinski definition) is 1. The summed E-state index contributed by atoms with van der Waals surface area (Å²) >= 11 is 3.39. The summed E-state index contributed by atoms with van der Waals surface area (Å²) in [5, 5.41) is 0. The van der Waals surface area contributed by atoms with Crippen LogP contribution in [0.3, 0.4) is 0 Å². The highest BCUT2D eigenvalue weighted by atomic mass is 79.9.